The van der Waals surface area contributed by atoms with Gasteiger partial charge in [0.05, 0.1) is 18.0 Å². The SMILES string of the molecule is COC(=O)Cc1cc(CCl)cc(OC(F)F)c1Br. The normalized spacial score (nSPS) is 10.6. The summed E-state index contributed by atoms with van der Waals surface area (Å²) in [6.07, 6.45) is -0.0542. The van der Waals surface area contributed by atoms with E-state index in [9.17, 15) is 13.6 Å². The van der Waals surface area contributed by atoms with Crippen LogP contribution in [0.5, 0.6) is 5.75 Å². The summed E-state index contributed by atoms with van der Waals surface area (Å²) in [7, 11) is 1.25. The van der Waals surface area contributed by atoms with Crippen LogP contribution in [0.15, 0.2) is 16.6 Å². The predicted octanol–water partition coefficient (Wildman–Crippen LogP) is 3.50. The lowest BCUT2D eigenvalue weighted by Crippen LogP contribution is -2.08. The molecule has 0 N–H and O–H groups in total. The van der Waals surface area contributed by atoms with E-state index in [-0.39, 0.29) is 18.1 Å². The summed E-state index contributed by atoms with van der Waals surface area (Å²) in [5.74, 6) is -0.409. The second-order valence-corrected chi connectivity index (χ2v) is 4.39. The lowest BCUT2D eigenvalue weighted by molar-refractivity contribution is -0.139. The highest BCUT2D eigenvalue weighted by molar-refractivity contribution is 9.10. The molecule has 0 saturated carbocycles. The minimum Gasteiger partial charge on any atom is -0.469 e. The molecule has 0 atom stereocenters. The van der Waals surface area contributed by atoms with Crippen LogP contribution in [-0.2, 0) is 21.8 Å². The fourth-order valence-electron chi connectivity index (χ4n) is 1.33. The number of carbonyl (C=O) groups is 1. The Hall–Kier alpha value is -0.880. The molecule has 0 aliphatic carbocycles. The minimum atomic E-state index is -2.95. The largest absolute Gasteiger partial charge is 0.469 e. The first-order valence-corrected chi connectivity index (χ1v) is 6.19. The van der Waals surface area contributed by atoms with Crippen LogP contribution < -0.4 is 4.74 Å². The van der Waals surface area contributed by atoms with E-state index in [1.807, 2.05) is 0 Å². The van der Waals surface area contributed by atoms with E-state index in [1.54, 1.807) is 6.07 Å². The van der Waals surface area contributed by atoms with Crippen molar-refractivity contribution in [3.05, 3.63) is 27.7 Å². The van der Waals surface area contributed by atoms with Gasteiger partial charge in [0.1, 0.15) is 5.75 Å². The van der Waals surface area contributed by atoms with E-state index in [1.165, 1.54) is 13.2 Å². The van der Waals surface area contributed by atoms with Crippen molar-refractivity contribution in [2.75, 3.05) is 7.11 Å². The summed E-state index contributed by atoms with van der Waals surface area (Å²) in [6.45, 7) is -2.95. The van der Waals surface area contributed by atoms with Crippen LogP contribution >= 0.6 is 27.5 Å². The standard InChI is InChI=1S/C11H10BrClF2O3/c1-17-9(16)4-7-2-6(5-13)3-8(10(7)12)18-11(14)15/h2-3,11H,4-5H2,1H3. The van der Waals surface area contributed by atoms with Gasteiger partial charge in [-0.2, -0.15) is 8.78 Å². The maximum absolute atomic E-state index is 12.2. The highest BCUT2D eigenvalue weighted by Gasteiger charge is 2.15. The molecule has 0 bridgehead atoms. The molecular formula is C11H10BrClF2O3. The molecule has 0 saturated heterocycles. The van der Waals surface area contributed by atoms with Crippen molar-refractivity contribution >= 4 is 33.5 Å². The molecule has 1 rings (SSSR count). The molecule has 0 aliphatic heterocycles. The van der Waals surface area contributed by atoms with Crippen molar-refractivity contribution in [2.24, 2.45) is 0 Å². The predicted molar refractivity (Wildman–Crippen MR) is 66.1 cm³/mol. The van der Waals surface area contributed by atoms with Crippen LogP contribution in [0.1, 0.15) is 11.1 Å². The van der Waals surface area contributed by atoms with Gasteiger partial charge in [-0.25, -0.2) is 0 Å². The van der Waals surface area contributed by atoms with Gasteiger partial charge in [0.25, 0.3) is 0 Å². The molecule has 0 radical (unpaired) electrons. The Kier molecular flexibility index (Phi) is 5.81. The number of hydrogen-bond donors (Lipinski definition) is 0. The monoisotopic (exact) mass is 342 g/mol. The zero-order chi connectivity index (χ0) is 13.7. The van der Waals surface area contributed by atoms with Crippen LogP contribution in [0.4, 0.5) is 8.78 Å². The first-order chi connectivity index (χ1) is 8.47. The van der Waals surface area contributed by atoms with Crippen molar-refractivity contribution in [1.82, 2.24) is 0 Å². The maximum atomic E-state index is 12.2. The molecule has 100 valence electrons. The van der Waals surface area contributed by atoms with Crippen LogP contribution in [0.2, 0.25) is 0 Å². The molecular weight excluding hydrogens is 333 g/mol. The summed E-state index contributed by atoms with van der Waals surface area (Å²) in [4.78, 5) is 11.2. The molecule has 18 heavy (non-hydrogen) atoms. The molecule has 0 heterocycles. The lowest BCUT2D eigenvalue weighted by atomic mass is 10.1. The molecule has 0 spiro atoms. The first kappa shape index (κ1) is 15.2. The summed E-state index contributed by atoms with van der Waals surface area (Å²) >= 11 is 8.78. The van der Waals surface area contributed by atoms with Crippen LogP contribution in [0, 0.1) is 0 Å². The molecule has 0 aliphatic rings. The quantitative estimate of drug-likeness (QED) is 0.606. The van der Waals surface area contributed by atoms with Gasteiger partial charge in [-0.05, 0) is 33.1 Å². The number of methoxy groups -OCH3 is 1. The lowest BCUT2D eigenvalue weighted by Gasteiger charge is -2.12. The van der Waals surface area contributed by atoms with Crippen LogP contribution in [0.25, 0.3) is 0 Å². The van der Waals surface area contributed by atoms with Crippen molar-refractivity contribution < 1.29 is 23.0 Å². The van der Waals surface area contributed by atoms with Gasteiger partial charge in [-0.1, -0.05) is 6.07 Å². The number of alkyl halides is 3. The molecule has 0 unspecified atom stereocenters. The fourth-order valence-corrected chi connectivity index (χ4v) is 1.95. The van der Waals surface area contributed by atoms with E-state index in [2.05, 4.69) is 25.4 Å². The van der Waals surface area contributed by atoms with Gasteiger partial charge in [-0.15, -0.1) is 11.6 Å². The van der Waals surface area contributed by atoms with Gasteiger partial charge < -0.3 is 9.47 Å². The Morgan fingerprint density at radius 1 is 1.50 bits per heavy atom. The van der Waals surface area contributed by atoms with Crippen LogP contribution in [-0.4, -0.2) is 19.7 Å². The number of ether oxygens (including phenoxy) is 2. The van der Waals surface area contributed by atoms with Crippen molar-refractivity contribution in [2.45, 2.75) is 18.9 Å². The molecule has 1 aromatic rings. The first-order valence-electron chi connectivity index (χ1n) is 4.86. The molecule has 0 fully saturated rings. The van der Waals surface area contributed by atoms with Gasteiger partial charge >= 0.3 is 12.6 Å². The maximum Gasteiger partial charge on any atom is 0.387 e. The zero-order valence-electron chi connectivity index (χ0n) is 9.38. The minimum absolute atomic E-state index is 0.0537. The Bertz CT molecular complexity index is 441. The van der Waals surface area contributed by atoms with Gasteiger partial charge in [0.15, 0.2) is 0 Å². The zero-order valence-corrected chi connectivity index (χ0v) is 11.7. The number of rotatable bonds is 5. The summed E-state index contributed by atoms with van der Waals surface area (Å²) in [5, 5.41) is 0. The summed E-state index contributed by atoms with van der Waals surface area (Å²) in [5.41, 5.74) is 1.06. The van der Waals surface area contributed by atoms with E-state index in [0.29, 0.717) is 15.6 Å². The van der Waals surface area contributed by atoms with E-state index < -0.39 is 12.6 Å². The van der Waals surface area contributed by atoms with E-state index in [0.717, 1.165) is 0 Å². The second kappa shape index (κ2) is 6.89. The average Bonchev–Trinajstić information content (AvgIpc) is 2.33. The Morgan fingerprint density at radius 2 is 2.17 bits per heavy atom. The number of carbonyl (C=O) groups excluding carboxylic acids is 1. The third-order valence-electron chi connectivity index (χ3n) is 2.11. The molecule has 7 heteroatoms. The van der Waals surface area contributed by atoms with Gasteiger partial charge in [-0.3, -0.25) is 4.79 Å². The van der Waals surface area contributed by atoms with Crippen molar-refractivity contribution in [3.8, 4) is 5.75 Å². The van der Waals surface area contributed by atoms with Gasteiger partial charge in [0, 0.05) is 5.88 Å². The molecule has 0 aromatic heterocycles. The number of halogens is 4. The third-order valence-corrected chi connectivity index (χ3v) is 3.32. The molecule has 1 aromatic carbocycles. The average molecular weight is 344 g/mol. The Labute approximate surface area is 116 Å². The summed E-state index contributed by atoms with van der Waals surface area (Å²) in [6, 6.07) is 3.02. The fraction of sp³-hybridized carbons (Fsp3) is 0.364. The smallest absolute Gasteiger partial charge is 0.387 e. The second-order valence-electron chi connectivity index (χ2n) is 3.33. The van der Waals surface area contributed by atoms with Gasteiger partial charge in [0.2, 0.25) is 0 Å². The third kappa shape index (κ3) is 4.10. The highest BCUT2D eigenvalue weighted by atomic mass is 79.9. The highest BCUT2D eigenvalue weighted by Crippen LogP contribution is 2.32. The van der Waals surface area contributed by atoms with E-state index in [4.69, 9.17) is 11.6 Å². The van der Waals surface area contributed by atoms with Crippen molar-refractivity contribution in [3.63, 3.8) is 0 Å². The Morgan fingerprint density at radius 3 is 2.67 bits per heavy atom. The number of benzene rings is 1. The topological polar surface area (TPSA) is 35.5 Å². The molecule has 3 nitrogen and oxygen atoms in total. The number of esters is 1. The number of hydrogen-bond acceptors (Lipinski definition) is 3. The van der Waals surface area contributed by atoms with Crippen molar-refractivity contribution in [1.29, 1.82) is 0 Å². The molecule has 0 amide bonds. The van der Waals surface area contributed by atoms with E-state index >= 15 is 0 Å². The van der Waals surface area contributed by atoms with Crippen LogP contribution in [0.3, 0.4) is 0 Å². The Balaban J connectivity index is 3.11. The summed E-state index contributed by atoms with van der Waals surface area (Å²) < 4.78 is 33.6.